The molecule has 2 heterocycles. The Morgan fingerprint density at radius 2 is 2.43 bits per heavy atom. The zero-order valence-electron chi connectivity index (χ0n) is 7.51. The Hall–Kier alpha value is -1.85. The molecule has 0 atom stereocenters. The van der Waals surface area contributed by atoms with E-state index < -0.39 is 0 Å². The number of nitrogens with one attached hydrogen (secondary N) is 1. The van der Waals surface area contributed by atoms with Gasteiger partial charge in [-0.05, 0) is 0 Å². The summed E-state index contributed by atoms with van der Waals surface area (Å²) in [6, 6.07) is -0.211. The standard InChI is InChI=1S/C8H10N4O2/c13-7-5-11(4-2-10-7)8(14)12-3-1-9-6-12/h1,3,6H,2,4-5H2,(H,10,13). The number of imidazole rings is 1. The molecule has 0 spiro atoms. The number of piperazine rings is 1. The van der Waals surface area contributed by atoms with E-state index in [0.29, 0.717) is 13.1 Å². The minimum absolute atomic E-state index is 0.121. The Labute approximate surface area is 80.5 Å². The third kappa shape index (κ3) is 1.59. The predicted molar refractivity (Wildman–Crippen MR) is 47.6 cm³/mol. The average Bonchev–Trinajstić information content (AvgIpc) is 2.69. The van der Waals surface area contributed by atoms with Crippen LogP contribution in [0.1, 0.15) is 0 Å². The number of hydrogen-bond donors (Lipinski definition) is 1. The summed E-state index contributed by atoms with van der Waals surface area (Å²) in [6.45, 7) is 1.18. The summed E-state index contributed by atoms with van der Waals surface area (Å²) in [4.78, 5) is 28.0. The highest BCUT2D eigenvalue weighted by Crippen LogP contribution is 1.98. The molecular weight excluding hydrogens is 184 g/mol. The topological polar surface area (TPSA) is 67.2 Å². The maximum atomic E-state index is 11.7. The monoisotopic (exact) mass is 194 g/mol. The van der Waals surface area contributed by atoms with Crippen LogP contribution in [0.3, 0.4) is 0 Å². The van der Waals surface area contributed by atoms with E-state index in [4.69, 9.17) is 0 Å². The van der Waals surface area contributed by atoms with Crippen LogP contribution < -0.4 is 5.32 Å². The molecule has 1 aromatic rings. The fraction of sp³-hybridized carbons (Fsp3) is 0.375. The zero-order valence-corrected chi connectivity index (χ0v) is 7.51. The number of hydrogen-bond acceptors (Lipinski definition) is 3. The van der Waals surface area contributed by atoms with Crippen molar-refractivity contribution in [2.45, 2.75) is 0 Å². The number of aromatic nitrogens is 2. The van der Waals surface area contributed by atoms with Crippen molar-refractivity contribution in [3.05, 3.63) is 18.7 Å². The fourth-order valence-corrected chi connectivity index (χ4v) is 1.34. The molecule has 1 N–H and O–H groups in total. The molecule has 74 valence electrons. The lowest BCUT2D eigenvalue weighted by molar-refractivity contribution is -0.123. The van der Waals surface area contributed by atoms with E-state index in [1.807, 2.05) is 0 Å². The molecule has 1 saturated heterocycles. The van der Waals surface area contributed by atoms with Crippen LogP contribution in [0, 0.1) is 0 Å². The predicted octanol–water partition coefficient (Wildman–Crippen LogP) is -0.717. The van der Waals surface area contributed by atoms with Crippen molar-refractivity contribution < 1.29 is 9.59 Å². The SMILES string of the molecule is O=C1CN(C(=O)n2ccnc2)CCN1. The van der Waals surface area contributed by atoms with E-state index in [1.165, 1.54) is 22.0 Å². The third-order valence-corrected chi connectivity index (χ3v) is 2.03. The molecule has 1 aliphatic heterocycles. The zero-order chi connectivity index (χ0) is 9.97. The van der Waals surface area contributed by atoms with Gasteiger partial charge in [-0.2, -0.15) is 0 Å². The molecule has 0 bridgehead atoms. The third-order valence-electron chi connectivity index (χ3n) is 2.03. The molecule has 0 aliphatic carbocycles. The van der Waals surface area contributed by atoms with Crippen molar-refractivity contribution in [1.29, 1.82) is 0 Å². The number of amides is 2. The summed E-state index contributed by atoms with van der Waals surface area (Å²) in [5.41, 5.74) is 0. The number of rotatable bonds is 0. The van der Waals surface area contributed by atoms with Crippen LogP contribution in [0.25, 0.3) is 0 Å². The van der Waals surface area contributed by atoms with Gasteiger partial charge >= 0.3 is 6.03 Å². The van der Waals surface area contributed by atoms with Gasteiger partial charge in [0.05, 0.1) is 0 Å². The minimum atomic E-state index is -0.211. The quantitative estimate of drug-likeness (QED) is 0.592. The largest absolute Gasteiger partial charge is 0.353 e. The Bertz CT molecular complexity index is 346. The van der Waals surface area contributed by atoms with E-state index in [1.54, 1.807) is 6.20 Å². The Balaban J connectivity index is 2.08. The highest BCUT2D eigenvalue weighted by Gasteiger charge is 2.21. The molecule has 2 rings (SSSR count). The smallest absolute Gasteiger partial charge is 0.329 e. The lowest BCUT2D eigenvalue weighted by Gasteiger charge is -2.26. The van der Waals surface area contributed by atoms with Crippen molar-refractivity contribution in [3.8, 4) is 0 Å². The molecule has 1 aliphatic rings. The van der Waals surface area contributed by atoms with Crippen LogP contribution in [0.2, 0.25) is 0 Å². The first kappa shape index (κ1) is 8.74. The first-order valence-corrected chi connectivity index (χ1v) is 4.31. The number of nitrogens with zero attached hydrogens (tertiary/aromatic N) is 3. The van der Waals surface area contributed by atoms with E-state index >= 15 is 0 Å². The van der Waals surface area contributed by atoms with Crippen LogP contribution in [-0.4, -0.2) is 46.0 Å². The molecule has 0 unspecified atom stereocenters. The van der Waals surface area contributed by atoms with Crippen molar-refractivity contribution in [3.63, 3.8) is 0 Å². The van der Waals surface area contributed by atoms with Crippen LogP contribution in [-0.2, 0) is 4.79 Å². The molecule has 2 amide bonds. The van der Waals surface area contributed by atoms with Gasteiger partial charge in [0.2, 0.25) is 5.91 Å². The molecule has 0 radical (unpaired) electrons. The van der Waals surface area contributed by atoms with Crippen molar-refractivity contribution >= 4 is 11.9 Å². The maximum absolute atomic E-state index is 11.7. The van der Waals surface area contributed by atoms with Gasteiger partial charge < -0.3 is 10.2 Å². The molecular formula is C8H10N4O2. The van der Waals surface area contributed by atoms with Gasteiger partial charge in [0.15, 0.2) is 0 Å². The number of carbonyl (C=O) groups excluding carboxylic acids is 2. The van der Waals surface area contributed by atoms with Crippen LogP contribution in [0.5, 0.6) is 0 Å². The van der Waals surface area contributed by atoms with Gasteiger partial charge in [-0.3, -0.25) is 9.36 Å². The van der Waals surface area contributed by atoms with Crippen molar-refractivity contribution in [2.24, 2.45) is 0 Å². The van der Waals surface area contributed by atoms with Crippen molar-refractivity contribution in [1.82, 2.24) is 19.8 Å². The second-order valence-electron chi connectivity index (χ2n) is 3.02. The summed E-state index contributed by atoms with van der Waals surface area (Å²) in [6.07, 6.45) is 4.52. The Morgan fingerprint density at radius 3 is 3.07 bits per heavy atom. The van der Waals surface area contributed by atoms with Gasteiger partial charge in [0, 0.05) is 25.5 Å². The highest BCUT2D eigenvalue weighted by atomic mass is 16.2. The van der Waals surface area contributed by atoms with Crippen LogP contribution in [0.4, 0.5) is 4.79 Å². The van der Waals surface area contributed by atoms with Gasteiger partial charge in [-0.15, -0.1) is 0 Å². The fourth-order valence-electron chi connectivity index (χ4n) is 1.34. The molecule has 14 heavy (non-hydrogen) atoms. The van der Waals surface area contributed by atoms with E-state index in [-0.39, 0.29) is 18.5 Å². The average molecular weight is 194 g/mol. The van der Waals surface area contributed by atoms with E-state index in [2.05, 4.69) is 10.3 Å². The molecule has 6 heteroatoms. The van der Waals surface area contributed by atoms with Crippen molar-refractivity contribution in [2.75, 3.05) is 19.6 Å². The molecule has 0 aromatic carbocycles. The van der Waals surface area contributed by atoms with Gasteiger partial charge in [-0.25, -0.2) is 9.78 Å². The normalized spacial score (nSPS) is 16.6. The summed E-state index contributed by atoms with van der Waals surface area (Å²) in [7, 11) is 0. The first-order chi connectivity index (χ1) is 6.77. The minimum Gasteiger partial charge on any atom is -0.353 e. The second kappa shape index (κ2) is 3.49. The lowest BCUT2D eigenvalue weighted by atomic mass is 10.4. The van der Waals surface area contributed by atoms with Gasteiger partial charge in [-0.1, -0.05) is 0 Å². The Morgan fingerprint density at radius 1 is 1.57 bits per heavy atom. The maximum Gasteiger partial charge on any atom is 0.329 e. The molecule has 6 nitrogen and oxygen atoms in total. The number of carbonyl (C=O) groups is 2. The van der Waals surface area contributed by atoms with E-state index in [9.17, 15) is 9.59 Å². The lowest BCUT2D eigenvalue weighted by Crippen LogP contribution is -2.50. The van der Waals surface area contributed by atoms with Crippen LogP contribution in [0.15, 0.2) is 18.7 Å². The highest BCUT2D eigenvalue weighted by molar-refractivity contribution is 5.85. The molecule has 1 fully saturated rings. The summed E-state index contributed by atoms with van der Waals surface area (Å²) >= 11 is 0. The molecule has 0 saturated carbocycles. The summed E-state index contributed by atoms with van der Waals surface area (Å²) < 4.78 is 1.36. The van der Waals surface area contributed by atoms with Gasteiger partial charge in [0.25, 0.3) is 0 Å². The Kier molecular flexibility index (Phi) is 2.18. The summed E-state index contributed by atoms with van der Waals surface area (Å²) in [5.74, 6) is -0.121. The molecule has 1 aromatic heterocycles. The van der Waals surface area contributed by atoms with E-state index in [0.717, 1.165) is 0 Å². The van der Waals surface area contributed by atoms with Crippen LogP contribution >= 0.6 is 0 Å². The second-order valence-corrected chi connectivity index (χ2v) is 3.02. The van der Waals surface area contributed by atoms with Gasteiger partial charge in [0.1, 0.15) is 12.9 Å². The summed E-state index contributed by atoms with van der Waals surface area (Å²) in [5, 5.41) is 2.65. The first-order valence-electron chi connectivity index (χ1n) is 4.31.